The van der Waals surface area contributed by atoms with Gasteiger partial charge in [-0.1, -0.05) is 32.9 Å². The van der Waals surface area contributed by atoms with Crippen molar-refractivity contribution in [2.24, 2.45) is 5.41 Å². The van der Waals surface area contributed by atoms with E-state index >= 15 is 0 Å². The molecule has 0 radical (unpaired) electrons. The molecule has 1 aromatic rings. The van der Waals surface area contributed by atoms with Gasteiger partial charge in [-0.05, 0) is 42.5 Å². The Kier molecular flexibility index (Phi) is 4.81. The number of hydrogen-bond donors (Lipinski definition) is 2. The Hall–Kier alpha value is -1.02. The summed E-state index contributed by atoms with van der Waals surface area (Å²) in [5.74, 6) is 0. The summed E-state index contributed by atoms with van der Waals surface area (Å²) in [5, 5.41) is 3.51. The maximum Gasteiger partial charge on any atom is 0.0314 e. The van der Waals surface area contributed by atoms with Gasteiger partial charge >= 0.3 is 0 Å². The number of nitrogen functional groups attached to an aromatic ring is 1. The minimum absolute atomic E-state index is 0.404. The first kappa shape index (κ1) is 13.0. The van der Waals surface area contributed by atoms with Crippen molar-refractivity contribution in [2.75, 3.05) is 18.8 Å². The van der Waals surface area contributed by atoms with E-state index in [0.29, 0.717) is 5.41 Å². The summed E-state index contributed by atoms with van der Waals surface area (Å²) in [7, 11) is 0. The van der Waals surface area contributed by atoms with Crippen LogP contribution in [-0.4, -0.2) is 13.1 Å². The molecule has 2 heteroatoms. The molecule has 0 amide bonds. The molecule has 0 aromatic heterocycles. The first-order chi connectivity index (χ1) is 7.53. The fourth-order valence-electron chi connectivity index (χ4n) is 1.47. The van der Waals surface area contributed by atoms with Crippen molar-refractivity contribution >= 4 is 5.69 Å². The average Bonchev–Trinajstić information content (AvgIpc) is 2.27. The van der Waals surface area contributed by atoms with E-state index in [1.165, 1.54) is 12.0 Å². The zero-order valence-corrected chi connectivity index (χ0v) is 10.7. The van der Waals surface area contributed by atoms with E-state index in [0.717, 1.165) is 25.2 Å². The molecule has 0 atom stereocenters. The molecule has 2 nitrogen and oxygen atoms in total. The SMILES string of the molecule is CCC(C)(C)CNCCc1ccc(N)cc1. The highest BCUT2D eigenvalue weighted by Gasteiger charge is 2.13. The molecule has 1 rings (SSSR count). The van der Waals surface area contributed by atoms with Crippen LogP contribution in [-0.2, 0) is 6.42 Å². The van der Waals surface area contributed by atoms with Gasteiger partial charge in [-0.2, -0.15) is 0 Å². The van der Waals surface area contributed by atoms with E-state index < -0.39 is 0 Å². The molecule has 0 spiro atoms. The van der Waals surface area contributed by atoms with Gasteiger partial charge in [0.25, 0.3) is 0 Å². The first-order valence-electron chi connectivity index (χ1n) is 6.08. The van der Waals surface area contributed by atoms with E-state index in [1.807, 2.05) is 12.1 Å². The fourth-order valence-corrected chi connectivity index (χ4v) is 1.47. The van der Waals surface area contributed by atoms with Crippen LogP contribution in [0, 0.1) is 5.41 Å². The molecular formula is C14H24N2. The van der Waals surface area contributed by atoms with E-state index in [4.69, 9.17) is 5.73 Å². The van der Waals surface area contributed by atoms with Crippen molar-refractivity contribution in [3.05, 3.63) is 29.8 Å². The molecular weight excluding hydrogens is 196 g/mol. The van der Waals surface area contributed by atoms with Crippen LogP contribution in [0.3, 0.4) is 0 Å². The molecule has 0 saturated heterocycles. The lowest BCUT2D eigenvalue weighted by Gasteiger charge is -2.22. The maximum absolute atomic E-state index is 5.64. The van der Waals surface area contributed by atoms with E-state index in [1.54, 1.807) is 0 Å². The predicted molar refractivity (Wildman–Crippen MR) is 71.5 cm³/mol. The highest BCUT2D eigenvalue weighted by atomic mass is 14.9. The summed E-state index contributed by atoms with van der Waals surface area (Å²) in [4.78, 5) is 0. The van der Waals surface area contributed by atoms with Crippen LogP contribution < -0.4 is 11.1 Å². The first-order valence-corrected chi connectivity index (χ1v) is 6.08. The molecule has 0 aliphatic heterocycles. The smallest absolute Gasteiger partial charge is 0.0314 e. The van der Waals surface area contributed by atoms with Crippen LogP contribution in [0.1, 0.15) is 32.8 Å². The Balaban J connectivity index is 2.23. The minimum Gasteiger partial charge on any atom is -0.399 e. The number of nitrogens with two attached hydrogens (primary N) is 1. The Morgan fingerprint density at radius 1 is 1.19 bits per heavy atom. The Labute approximate surface area is 99.2 Å². The molecule has 0 heterocycles. The van der Waals surface area contributed by atoms with Crippen LogP contribution >= 0.6 is 0 Å². The average molecular weight is 220 g/mol. The quantitative estimate of drug-likeness (QED) is 0.571. The summed E-state index contributed by atoms with van der Waals surface area (Å²) in [6, 6.07) is 8.13. The van der Waals surface area contributed by atoms with Gasteiger partial charge in [-0.25, -0.2) is 0 Å². The summed E-state index contributed by atoms with van der Waals surface area (Å²) in [6.07, 6.45) is 2.28. The van der Waals surface area contributed by atoms with Crippen molar-refractivity contribution in [3.8, 4) is 0 Å². The molecule has 16 heavy (non-hydrogen) atoms. The molecule has 0 bridgehead atoms. The highest BCUT2D eigenvalue weighted by Crippen LogP contribution is 2.17. The number of rotatable bonds is 6. The Morgan fingerprint density at radius 2 is 1.81 bits per heavy atom. The number of benzene rings is 1. The van der Waals surface area contributed by atoms with E-state index in [9.17, 15) is 0 Å². The zero-order chi connectivity index (χ0) is 12.0. The standard InChI is InChI=1S/C14H24N2/c1-4-14(2,3)11-16-10-9-12-5-7-13(15)8-6-12/h5-8,16H,4,9-11,15H2,1-3H3. The number of nitrogens with one attached hydrogen (secondary N) is 1. The molecule has 1 aromatic carbocycles. The van der Waals surface area contributed by atoms with Crippen molar-refractivity contribution in [1.29, 1.82) is 0 Å². The molecule has 0 fully saturated rings. The van der Waals surface area contributed by atoms with E-state index in [2.05, 4.69) is 38.2 Å². The molecule has 0 unspecified atom stereocenters. The largest absolute Gasteiger partial charge is 0.399 e. The van der Waals surface area contributed by atoms with Gasteiger partial charge in [0.15, 0.2) is 0 Å². The number of hydrogen-bond acceptors (Lipinski definition) is 2. The van der Waals surface area contributed by atoms with Gasteiger partial charge in [0.1, 0.15) is 0 Å². The van der Waals surface area contributed by atoms with E-state index in [-0.39, 0.29) is 0 Å². The number of anilines is 1. The van der Waals surface area contributed by atoms with Gasteiger partial charge in [-0.3, -0.25) is 0 Å². The van der Waals surface area contributed by atoms with Gasteiger partial charge < -0.3 is 11.1 Å². The summed E-state index contributed by atoms with van der Waals surface area (Å²) in [6.45, 7) is 8.94. The van der Waals surface area contributed by atoms with Gasteiger partial charge in [0.2, 0.25) is 0 Å². The van der Waals surface area contributed by atoms with Crippen LogP contribution in [0.2, 0.25) is 0 Å². The van der Waals surface area contributed by atoms with Crippen LogP contribution in [0.25, 0.3) is 0 Å². The predicted octanol–water partition coefficient (Wildman–Crippen LogP) is 2.84. The zero-order valence-electron chi connectivity index (χ0n) is 10.7. The van der Waals surface area contributed by atoms with Crippen molar-refractivity contribution in [1.82, 2.24) is 5.32 Å². The van der Waals surface area contributed by atoms with Crippen LogP contribution in [0.4, 0.5) is 5.69 Å². The second-order valence-corrected chi connectivity index (χ2v) is 5.19. The fraction of sp³-hybridized carbons (Fsp3) is 0.571. The van der Waals surface area contributed by atoms with Crippen molar-refractivity contribution in [2.45, 2.75) is 33.6 Å². The monoisotopic (exact) mass is 220 g/mol. The maximum atomic E-state index is 5.64. The van der Waals surface area contributed by atoms with Gasteiger partial charge in [0, 0.05) is 12.2 Å². The third-order valence-corrected chi connectivity index (χ3v) is 3.13. The Bertz CT molecular complexity index is 301. The van der Waals surface area contributed by atoms with Crippen LogP contribution in [0.15, 0.2) is 24.3 Å². The Morgan fingerprint density at radius 3 is 2.38 bits per heavy atom. The van der Waals surface area contributed by atoms with Gasteiger partial charge in [0.05, 0.1) is 0 Å². The van der Waals surface area contributed by atoms with Crippen LogP contribution in [0.5, 0.6) is 0 Å². The lowest BCUT2D eigenvalue weighted by atomic mass is 9.90. The molecule has 0 aliphatic rings. The molecule has 0 saturated carbocycles. The third-order valence-electron chi connectivity index (χ3n) is 3.13. The lowest BCUT2D eigenvalue weighted by Crippen LogP contribution is -2.30. The molecule has 90 valence electrons. The topological polar surface area (TPSA) is 38.0 Å². The summed E-state index contributed by atoms with van der Waals surface area (Å²) >= 11 is 0. The second kappa shape index (κ2) is 5.90. The molecule has 0 aliphatic carbocycles. The van der Waals surface area contributed by atoms with Gasteiger partial charge in [-0.15, -0.1) is 0 Å². The summed E-state index contributed by atoms with van der Waals surface area (Å²) < 4.78 is 0. The van der Waals surface area contributed by atoms with Crippen molar-refractivity contribution in [3.63, 3.8) is 0 Å². The van der Waals surface area contributed by atoms with Crippen molar-refractivity contribution < 1.29 is 0 Å². The molecule has 3 N–H and O–H groups in total. The highest BCUT2D eigenvalue weighted by molar-refractivity contribution is 5.39. The summed E-state index contributed by atoms with van der Waals surface area (Å²) in [5.41, 5.74) is 8.23. The normalized spacial score (nSPS) is 11.7. The minimum atomic E-state index is 0.404. The second-order valence-electron chi connectivity index (χ2n) is 5.19. The third kappa shape index (κ3) is 4.67. The lowest BCUT2D eigenvalue weighted by molar-refractivity contribution is 0.329.